The minimum Gasteiger partial charge on any atom is -0.341 e. The van der Waals surface area contributed by atoms with Crippen molar-refractivity contribution in [2.45, 2.75) is 18.7 Å². The van der Waals surface area contributed by atoms with Gasteiger partial charge in [0.1, 0.15) is 0 Å². The summed E-state index contributed by atoms with van der Waals surface area (Å²) >= 11 is 0. The summed E-state index contributed by atoms with van der Waals surface area (Å²) < 4.78 is 26.6. The van der Waals surface area contributed by atoms with Gasteiger partial charge in [0.2, 0.25) is 10.0 Å². The van der Waals surface area contributed by atoms with Crippen molar-refractivity contribution in [2.75, 3.05) is 26.7 Å². The zero-order valence-electron chi connectivity index (χ0n) is 13.9. The quantitative estimate of drug-likeness (QED) is 0.696. The maximum absolute atomic E-state index is 12.5. The zero-order chi connectivity index (χ0) is 17.7. The highest BCUT2D eigenvalue weighted by Gasteiger charge is 2.23. The van der Waals surface area contributed by atoms with Crippen LogP contribution in [0.1, 0.15) is 24.2 Å². The van der Waals surface area contributed by atoms with E-state index < -0.39 is 10.0 Å². The van der Waals surface area contributed by atoms with Gasteiger partial charge in [-0.05, 0) is 30.2 Å². The van der Waals surface area contributed by atoms with E-state index >= 15 is 0 Å². The lowest BCUT2D eigenvalue weighted by Gasteiger charge is -2.29. The van der Waals surface area contributed by atoms with Gasteiger partial charge >= 0.3 is 0 Å². The number of amides is 1. The summed E-state index contributed by atoms with van der Waals surface area (Å²) in [4.78, 5) is 14.1. The average molecular weight is 339 g/mol. The molecule has 1 aromatic carbocycles. The topological polar surface area (TPSA) is 92.5 Å². The lowest BCUT2D eigenvalue weighted by molar-refractivity contribution is 0.0740. The van der Waals surface area contributed by atoms with Gasteiger partial charge < -0.3 is 10.6 Å². The Morgan fingerprint density at radius 2 is 2.09 bits per heavy atom. The molecule has 0 spiro atoms. The molecule has 23 heavy (non-hydrogen) atoms. The molecule has 1 rings (SSSR count). The molecule has 128 valence electrons. The van der Waals surface area contributed by atoms with Crippen LogP contribution in [-0.2, 0) is 10.0 Å². The molecule has 3 N–H and O–H groups in total. The van der Waals surface area contributed by atoms with E-state index in [0.717, 1.165) is 0 Å². The van der Waals surface area contributed by atoms with Gasteiger partial charge in [-0.15, -0.1) is 6.58 Å². The van der Waals surface area contributed by atoms with Gasteiger partial charge in [-0.3, -0.25) is 4.79 Å². The lowest BCUT2D eigenvalue weighted by atomic mass is 9.93. The largest absolute Gasteiger partial charge is 0.341 e. The number of nitrogens with one attached hydrogen (secondary N) is 1. The molecule has 0 saturated heterocycles. The fraction of sp³-hybridized carbons (Fsp3) is 0.438. The summed E-state index contributed by atoms with van der Waals surface area (Å²) in [6.45, 7) is 8.47. The molecule has 6 nitrogen and oxygen atoms in total. The lowest BCUT2D eigenvalue weighted by Crippen LogP contribution is -2.39. The standard InChI is InChI=1S/C16H25N3O3S/c1-5-9-18-23(21,22)14-8-6-7-13(10-14)15(20)19(4)12-16(2,3)11-17/h5-8,10,18H,1,9,11-12,17H2,2-4H3. The predicted octanol–water partition coefficient (Wildman–Crippen LogP) is 1.21. The van der Waals surface area contributed by atoms with E-state index in [1.54, 1.807) is 24.1 Å². The Kier molecular flexibility index (Phi) is 6.49. The fourth-order valence-electron chi connectivity index (χ4n) is 2.05. The van der Waals surface area contributed by atoms with Crippen LogP contribution in [-0.4, -0.2) is 45.9 Å². The van der Waals surface area contributed by atoms with Crippen molar-refractivity contribution in [3.8, 4) is 0 Å². The van der Waals surface area contributed by atoms with Crippen LogP contribution in [0.2, 0.25) is 0 Å². The first kappa shape index (κ1) is 19.3. The van der Waals surface area contributed by atoms with Crippen molar-refractivity contribution in [3.05, 3.63) is 42.5 Å². The zero-order valence-corrected chi connectivity index (χ0v) is 14.7. The molecule has 0 aliphatic rings. The Hall–Kier alpha value is -1.70. The number of nitrogens with zero attached hydrogens (tertiary/aromatic N) is 1. The summed E-state index contributed by atoms with van der Waals surface area (Å²) in [5, 5.41) is 0. The average Bonchev–Trinajstić information content (AvgIpc) is 2.52. The molecule has 0 aromatic heterocycles. The number of nitrogens with two attached hydrogens (primary N) is 1. The van der Waals surface area contributed by atoms with Crippen molar-refractivity contribution < 1.29 is 13.2 Å². The second kappa shape index (κ2) is 7.72. The molecular weight excluding hydrogens is 314 g/mol. The summed E-state index contributed by atoms with van der Waals surface area (Å²) in [6, 6.07) is 5.98. The number of benzene rings is 1. The van der Waals surface area contributed by atoms with Crippen molar-refractivity contribution in [2.24, 2.45) is 11.1 Å². The Balaban J connectivity index is 3.00. The number of hydrogen-bond donors (Lipinski definition) is 2. The Morgan fingerprint density at radius 3 is 2.65 bits per heavy atom. The molecule has 0 heterocycles. The van der Waals surface area contributed by atoms with Crippen LogP contribution in [0.4, 0.5) is 0 Å². The SMILES string of the molecule is C=CCNS(=O)(=O)c1cccc(C(=O)N(C)CC(C)(C)CN)c1. The van der Waals surface area contributed by atoms with Gasteiger partial charge in [0.05, 0.1) is 4.90 Å². The number of carbonyl (C=O) groups is 1. The van der Waals surface area contributed by atoms with Crippen LogP contribution in [0.3, 0.4) is 0 Å². The first-order valence-electron chi connectivity index (χ1n) is 7.29. The van der Waals surface area contributed by atoms with Crippen LogP contribution in [0.15, 0.2) is 41.8 Å². The first-order valence-corrected chi connectivity index (χ1v) is 8.77. The third-order valence-corrected chi connectivity index (χ3v) is 4.79. The van der Waals surface area contributed by atoms with Gasteiger partial charge in [0.25, 0.3) is 5.91 Å². The molecule has 0 aliphatic heterocycles. The second-order valence-corrected chi connectivity index (χ2v) is 7.96. The van der Waals surface area contributed by atoms with Crippen molar-refractivity contribution in [1.82, 2.24) is 9.62 Å². The summed E-state index contributed by atoms with van der Waals surface area (Å²) in [5.41, 5.74) is 5.80. The molecular formula is C16H25N3O3S. The van der Waals surface area contributed by atoms with E-state index in [-0.39, 0.29) is 22.8 Å². The maximum Gasteiger partial charge on any atom is 0.253 e. The van der Waals surface area contributed by atoms with Gasteiger partial charge in [0, 0.05) is 25.7 Å². The van der Waals surface area contributed by atoms with E-state index in [4.69, 9.17) is 5.73 Å². The van der Waals surface area contributed by atoms with Crippen LogP contribution >= 0.6 is 0 Å². The van der Waals surface area contributed by atoms with E-state index in [9.17, 15) is 13.2 Å². The number of carbonyl (C=O) groups excluding carboxylic acids is 1. The Bertz CT molecular complexity index is 669. The molecule has 7 heteroatoms. The van der Waals surface area contributed by atoms with Crippen LogP contribution in [0, 0.1) is 5.41 Å². The highest BCUT2D eigenvalue weighted by atomic mass is 32.2. The fourth-order valence-corrected chi connectivity index (χ4v) is 3.09. The third-order valence-electron chi connectivity index (χ3n) is 3.37. The van der Waals surface area contributed by atoms with E-state index in [0.29, 0.717) is 18.7 Å². The smallest absolute Gasteiger partial charge is 0.253 e. The summed E-state index contributed by atoms with van der Waals surface area (Å²) in [7, 11) is -1.98. The van der Waals surface area contributed by atoms with E-state index in [1.807, 2.05) is 13.8 Å². The van der Waals surface area contributed by atoms with E-state index in [2.05, 4.69) is 11.3 Å². The predicted molar refractivity (Wildman–Crippen MR) is 91.6 cm³/mol. The minimum absolute atomic E-state index is 0.0525. The van der Waals surface area contributed by atoms with Crippen molar-refractivity contribution in [3.63, 3.8) is 0 Å². The third kappa shape index (κ3) is 5.46. The van der Waals surface area contributed by atoms with E-state index in [1.165, 1.54) is 18.2 Å². The maximum atomic E-state index is 12.5. The van der Waals surface area contributed by atoms with Crippen molar-refractivity contribution >= 4 is 15.9 Å². The molecule has 0 saturated carbocycles. The Labute approximate surface area is 138 Å². The molecule has 0 fully saturated rings. The first-order chi connectivity index (χ1) is 10.6. The summed E-state index contributed by atoms with van der Waals surface area (Å²) in [6.07, 6.45) is 1.45. The monoisotopic (exact) mass is 339 g/mol. The van der Waals surface area contributed by atoms with Crippen LogP contribution < -0.4 is 10.5 Å². The number of sulfonamides is 1. The molecule has 1 amide bonds. The van der Waals surface area contributed by atoms with Crippen LogP contribution in [0.5, 0.6) is 0 Å². The van der Waals surface area contributed by atoms with Gasteiger partial charge in [-0.2, -0.15) is 0 Å². The number of rotatable bonds is 8. The molecule has 0 radical (unpaired) electrons. The van der Waals surface area contributed by atoms with Gasteiger partial charge in [-0.25, -0.2) is 13.1 Å². The molecule has 1 aromatic rings. The van der Waals surface area contributed by atoms with Gasteiger partial charge in [0.15, 0.2) is 0 Å². The molecule has 0 unspecified atom stereocenters. The molecule has 0 atom stereocenters. The van der Waals surface area contributed by atoms with Gasteiger partial charge in [-0.1, -0.05) is 26.0 Å². The summed E-state index contributed by atoms with van der Waals surface area (Å²) in [5.74, 6) is -0.243. The number of hydrogen-bond acceptors (Lipinski definition) is 4. The normalized spacial score (nSPS) is 12.0. The van der Waals surface area contributed by atoms with Crippen molar-refractivity contribution in [1.29, 1.82) is 0 Å². The molecule has 0 aliphatic carbocycles. The highest BCUT2D eigenvalue weighted by Crippen LogP contribution is 2.17. The Morgan fingerprint density at radius 1 is 1.43 bits per heavy atom. The molecule has 0 bridgehead atoms. The van der Waals surface area contributed by atoms with Crippen LogP contribution in [0.25, 0.3) is 0 Å². The highest BCUT2D eigenvalue weighted by molar-refractivity contribution is 7.89. The second-order valence-electron chi connectivity index (χ2n) is 6.20. The minimum atomic E-state index is -3.66.